The molecule has 5 rings (SSSR count). The van der Waals surface area contributed by atoms with Gasteiger partial charge in [0.25, 0.3) is 5.91 Å². The second kappa shape index (κ2) is 7.72. The highest BCUT2D eigenvalue weighted by Crippen LogP contribution is 2.32. The zero-order chi connectivity index (χ0) is 19.7. The minimum absolute atomic E-state index is 0.0505. The fourth-order valence-corrected chi connectivity index (χ4v) is 4.32. The number of nitrogens with one attached hydrogen (secondary N) is 1. The minimum Gasteiger partial charge on any atom is -0.456 e. The maximum absolute atomic E-state index is 12.7. The number of ether oxygens (including phenoxy) is 1. The number of benzene rings is 1. The van der Waals surface area contributed by atoms with Crippen LogP contribution in [0.25, 0.3) is 0 Å². The SMILES string of the molecule is CC(=O)c1cnccc1Oc1ccc(C(=O)N[C@@H]2C3CCN(CC3)[C@H]2C)cc1. The Morgan fingerprint density at radius 1 is 1.14 bits per heavy atom. The summed E-state index contributed by atoms with van der Waals surface area (Å²) in [5, 5.41) is 3.24. The second-order valence-corrected chi connectivity index (χ2v) is 7.67. The van der Waals surface area contributed by atoms with Gasteiger partial charge in [0.1, 0.15) is 11.5 Å². The molecule has 6 heteroatoms. The number of carbonyl (C=O) groups excluding carboxylic acids is 2. The first-order valence-electron chi connectivity index (χ1n) is 9.80. The molecule has 28 heavy (non-hydrogen) atoms. The van der Waals surface area contributed by atoms with Gasteiger partial charge in [-0.2, -0.15) is 0 Å². The van der Waals surface area contributed by atoms with Crippen LogP contribution in [0.15, 0.2) is 42.7 Å². The summed E-state index contributed by atoms with van der Waals surface area (Å²) in [4.78, 5) is 30.8. The predicted molar refractivity (Wildman–Crippen MR) is 106 cm³/mol. The van der Waals surface area contributed by atoms with Gasteiger partial charge in [0.05, 0.1) is 5.56 Å². The number of ketones is 1. The summed E-state index contributed by atoms with van der Waals surface area (Å²) < 4.78 is 5.81. The lowest BCUT2D eigenvalue weighted by Gasteiger charge is -2.49. The van der Waals surface area contributed by atoms with Gasteiger partial charge < -0.3 is 10.1 Å². The first-order valence-corrected chi connectivity index (χ1v) is 9.80. The van der Waals surface area contributed by atoms with E-state index in [1.807, 2.05) is 0 Å². The number of piperidine rings is 3. The van der Waals surface area contributed by atoms with Crippen LogP contribution in [0, 0.1) is 5.92 Å². The summed E-state index contributed by atoms with van der Waals surface area (Å²) in [5.74, 6) is 1.45. The van der Waals surface area contributed by atoms with Crippen molar-refractivity contribution in [3.63, 3.8) is 0 Å². The van der Waals surface area contributed by atoms with Crippen molar-refractivity contribution in [3.05, 3.63) is 53.9 Å². The lowest BCUT2D eigenvalue weighted by Crippen LogP contribution is -2.62. The molecule has 1 amide bonds. The van der Waals surface area contributed by atoms with E-state index in [-0.39, 0.29) is 17.7 Å². The normalized spacial score (nSPS) is 25.9. The van der Waals surface area contributed by atoms with Crippen LogP contribution in [-0.2, 0) is 0 Å². The molecule has 0 aliphatic carbocycles. The Hall–Kier alpha value is -2.73. The van der Waals surface area contributed by atoms with Crippen molar-refractivity contribution >= 4 is 11.7 Å². The number of hydrogen-bond donors (Lipinski definition) is 1. The van der Waals surface area contributed by atoms with Crippen molar-refractivity contribution in [2.24, 2.45) is 5.92 Å². The van der Waals surface area contributed by atoms with E-state index >= 15 is 0 Å². The number of rotatable bonds is 5. The largest absolute Gasteiger partial charge is 0.456 e. The molecule has 2 bridgehead atoms. The molecule has 0 saturated carbocycles. The van der Waals surface area contributed by atoms with Crippen molar-refractivity contribution in [1.29, 1.82) is 0 Å². The van der Waals surface area contributed by atoms with E-state index < -0.39 is 0 Å². The molecule has 1 N–H and O–H groups in total. The molecule has 146 valence electrons. The van der Waals surface area contributed by atoms with Gasteiger partial charge in [-0.15, -0.1) is 0 Å². The Morgan fingerprint density at radius 3 is 2.50 bits per heavy atom. The van der Waals surface area contributed by atoms with Gasteiger partial charge in [0.2, 0.25) is 0 Å². The molecule has 3 aliphatic rings. The summed E-state index contributed by atoms with van der Waals surface area (Å²) in [7, 11) is 0. The molecule has 3 aliphatic heterocycles. The molecule has 0 spiro atoms. The molecule has 3 saturated heterocycles. The fourth-order valence-electron chi connectivity index (χ4n) is 4.32. The molecule has 3 fully saturated rings. The molecule has 6 nitrogen and oxygen atoms in total. The highest BCUT2D eigenvalue weighted by Gasteiger charge is 2.40. The number of hydrogen-bond acceptors (Lipinski definition) is 5. The van der Waals surface area contributed by atoms with E-state index in [1.54, 1.807) is 36.5 Å². The highest BCUT2D eigenvalue weighted by atomic mass is 16.5. The van der Waals surface area contributed by atoms with E-state index in [4.69, 9.17) is 4.74 Å². The minimum atomic E-state index is -0.106. The van der Waals surface area contributed by atoms with Crippen LogP contribution < -0.4 is 10.1 Å². The second-order valence-electron chi connectivity index (χ2n) is 7.67. The van der Waals surface area contributed by atoms with Crippen LogP contribution in [0.5, 0.6) is 11.5 Å². The molecule has 1 aromatic heterocycles. The standard InChI is InChI=1S/C22H25N3O3/c1-14-21(16-8-11-25(14)12-9-16)24-22(27)17-3-5-18(6-4-17)28-20-7-10-23-13-19(20)15(2)26/h3-7,10,13-14,16,21H,8-9,11-12H2,1-2H3,(H,24,27)/t14-,21-/m0/s1. The van der Waals surface area contributed by atoms with Gasteiger partial charge in [-0.05, 0) is 76.0 Å². The number of fused-ring (bicyclic) bond motifs is 3. The average Bonchev–Trinajstić information content (AvgIpc) is 2.71. The number of carbonyl (C=O) groups is 2. The predicted octanol–water partition coefficient (Wildman–Crippen LogP) is 3.29. The summed E-state index contributed by atoms with van der Waals surface area (Å²) in [6.45, 7) is 5.96. The number of aromatic nitrogens is 1. The Labute approximate surface area is 164 Å². The Kier molecular flexibility index (Phi) is 5.13. The average molecular weight is 379 g/mol. The van der Waals surface area contributed by atoms with E-state index in [2.05, 4.69) is 22.1 Å². The zero-order valence-electron chi connectivity index (χ0n) is 16.2. The van der Waals surface area contributed by atoms with Crippen LogP contribution in [0.2, 0.25) is 0 Å². The third-order valence-corrected chi connectivity index (χ3v) is 5.98. The van der Waals surface area contributed by atoms with E-state index in [9.17, 15) is 9.59 Å². The highest BCUT2D eigenvalue weighted by molar-refractivity contribution is 5.96. The number of amides is 1. The molecule has 2 aromatic rings. The topological polar surface area (TPSA) is 71.5 Å². The van der Waals surface area contributed by atoms with E-state index in [0.29, 0.717) is 34.6 Å². The third-order valence-electron chi connectivity index (χ3n) is 5.98. The summed E-state index contributed by atoms with van der Waals surface area (Å²) in [6.07, 6.45) is 5.40. The molecular weight excluding hydrogens is 354 g/mol. The molecule has 1 aromatic carbocycles. The first kappa shape index (κ1) is 18.6. The zero-order valence-corrected chi connectivity index (χ0v) is 16.2. The molecule has 2 atom stereocenters. The maximum atomic E-state index is 12.7. The summed E-state index contributed by atoms with van der Waals surface area (Å²) in [6, 6.07) is 9.26. The molecular formula is C22H25N3O3. The summed E-state index contributed by atoms with van der Waals surface area (Å²) >= 11 is 0. The van der Waals surface area contributed by atoms with Gasteiger partial charge in [0.15, 0.2) is 5.78 Å². The Morgan fingerprint density at radius 2 is 1.86 bits per heavy atom. The van der Waals surface area contributed by atoms with Gasteiger partial charge in [-0.1, -0.05) is 0 Å². The quantitative estimate of drug-likeness (QED) is 0.807. The third kappa shape index (κ3) is 3.64. The van der Waals surface area contributed by atoms with Crippen LogP contribution in [-0.4, -0.2) is 46.7 Å². The maximum Gasteiger partial charge on any atom is 0.251 e. The van der Waals surface area contributed by atoms with Gasteiger partial charge in [0, 0.05) is 30.0 Å². The van der Waals surface area contributed by atoms with Crippen LogP contribution in [0.3, 0.4) is 0 Å². The smallest absolute Gasteiger partial charge is 0.251 e. The van der Waals surface area contributed by atoms with Crippen molar-refractivity contribution in [3.8, 4) is 11.5 Å². The van der Waals surface area contributed by atoms with Gasteiger partial charge >= 0.3 is 0 Å². The van der Waals surface area contributed by atoms with Crippen molar-refractivity contribution < 1.29 is 14.3 Å². The van der Waals surface area contributed by atoms with Crippen molar-refractivity contribution in [2.45, 2.75) is 38.8 Å². The number of pyridine rings is 1. The fraction of sp³-hybridized carbons (Fsp3) is 0.409. The number of Topliss-reactive ketones (excluding diaryl/α,β-unsaturated/α-hetero) is 1. The summed E-state index contributed by atoms with van der Waals surface area (Å²) in [5.41, 5.74) is 1.04. The lowest BCUT2D eigenvalue weighted by atomic mass is 9.79. The number of nitrogens with zero attached hydrogens (tertiary/aromatic N) is 2. The van der Waals surface area contributed by atoms with Gasteiger partial charge in [-0.3, -0.25) is 19.5 Å². The van der Waals surface area contributed by atoms with E-state index in [0.717, 1.165) is 25.9 Å². The van der Waals surface area contributed by atoms with Crippen LogP contribution >= 0.6 is 0 Å². The van der Waals surface area contributed by atoms with Crippen LogP contribution in [0.1, 0.15) is 47.4 Å². The molecule has 0 unspecified atom stereocenters. The van der Waals surface area contributed by atoms with Crippen molar-refractivity contribution in [2.75, 3.05) is 13.1 Å². The molecule has 0 radical (unpaired) electrons. The Bertz CT molecular complexity index is 871. The van der Waals surface area contributed by atoms with Gasteiger partial charge in [-0.25, -0.2) is 0 Å². The molecule has 4 heterocycles. The lowest BCUT2D eigenvalue weighted by molar-refractivity contribution is 0.0217. The monoisotopic (exact) mass is 379 g/mol. The van der Waals surface area contributed by atoms with E-state index in [1.165, 1.54) is 13.1 Å². The van der Waals surface area contributed by atoms with Crippen molar-refractivity contribution in [1.82, 2.24) is 15.2 Å². The van der Waals surface area contributed by atoms with Crippen LogP contribution in [0.4, 0.5) is 0 Å². The first-order chi connectivity index (χ1) is 13.5. The Balaban J connectivity index is 1.43.